The van der Waals surface area contributed by atoms with Crippen molar-refractivity contribution in [3.8, 4) is 0 Å². The van der Waals surface area contributed by atoms with Crippen molar-refractivity contribution in [2.75, 3.05) is 11.9 Å². The molecule has 242 valence electrons. The van der Waals surface area contributed by atoms with Gasteiger partial charge in [-0.1, -0.05) is 6.07 Å². The summed E-state index contributed by atoms with van der Waals surface area (Å²) in [7, 11) is 0. The molecule has 3 atom stereocenters. The van der Waals surface area contributed by atoms with E-state index in [9.17, 15) is 32.3 Å². The Morgan fingerprint density at radius 2 is 1.73 bits per heavy atom. The second kappa shape index (κ2) is 11.5. The Hall–Kier alpha value is -3.90. The third-order valence-electron chi connectivity index (χ3n) is 9.74. The second-order valence-corrected chi connectivity index (χ2v) is 13.2. The van der Waals surface area contributed by atoms with Crippen molar-refractivity contribution in [3.63, 3.8) is 0 Å². The van der Waals surface area contributed by atoms with Crippen molar-refractivity contribution in [3.05, 3.63) is 47.3 Å². The summed E-state index contributed by atoms with van der Waals surface area (Å²) >= 11 is 0. The number of fused-ring (bicyclic) bond motifs is 1. The van der Waals surface area contributed by atoms with E-state index < -0.39 is 42.0 Å². The average Bonchev–Trinajstić information content (AvgIpc) is 3.86. The fourth-order valence-corrected chi connectivity index (χ4v) is 7.35. The van der Waals surface area contributed by atoms with Crippen LogP contribution in [0.5, 0.6) is 0 Å². The number of benzene rings is 1. The minimum Gasteiger partial charge on any atom is -0.339 e. The van der Waals surface area contributed by atoms with E-state index in [4.69, 9.17) is 0 Å². The first kappa shape index (κ1) is 31.1. The molecule has 0 spiro atoms. The number of carbonyl (C=O) groups is 4. The molecule has 6 rings (SSSR count). The molecule has 0 bridgehead atoms. The molecule has 1 saturated heterocycles. The molecule has 0 radical (unpaired) electrons. The number of aromatic nitrogens is 2. The van der Waals surface area contributed by atoms with E-state index in [0.29, 0.717) is 36.1 Å². The minimum atomic E-state index is -4.93. The highest BCUT2D eigenvalue weighted by molar-refractivity contribution is 6.01. The van der Waals surface area contributed by atoms with Crippen LogP contribution in [0, 0.1) is 17.8 Å². The van der Waals surface area contributed by atoms with Gasteiger partial charge in [0.1, 0.15) is 11.7 Å². The van der Waals surface area contributed by atoms with Crippen molar-refractivity contribution in [1.29, 1.82) is 0 Å². The number of anilines is 1. The van der Waals surface area contributed by atoms with Crippen molar-refractivity contribution in [2.24, 2.45) is 17.8 Å². The van der Waals surface area contributed by atoms with E-state index in [1.807, 2.05) is 19.2 Å². The lowest BCUT2D eigenvalue weighted by Crippen LogP contribution is -2.63. The summed E-state index contributed by atoms with van der Waals surface area (Å²) in [5, 5.41) is 12.2. The summed E-state index contributed by atoms with van der Waals surface area (Å²) in [5.41, 5.74) is -0.463. The molecule has 13 heteroatoms. The summed E-state index contributed by atoms with van der Waals surface area (Å²) in [6, 6.07) is 5.55. The van der Waals surface area contributed by atoms with Gasteiger partial charge < -0.3 is 20.9 Å². The highest BCUT2D eigenvalue weighted by atomic mass is 19.4. The predicted molar refractivity (Wildman–Crippen MR) is 158 cm³/mol. The van der Waals surface area contributed by atoms with Crippen LogP contribution >= 0.6 is 0 Å². The number of likely N-dealkylation sites (tertiary alicyclic amines) is 1. The number of nitrogens with zero attached hydrogens (tertiary/aromatic N) is 3. The molecule has 3 fully saturated rings. The van der Waals surface area contributed by atoms with Gasteiger partial charge in [-0.2, -0.15) is 18.3 Å². The van der Waals surface area contributed by atoms with Crippen LogP contribution in [0.2, 0.25) is 0 Å². The molecule has 10 nitrogen and oxygen atoms in total. The zero-order valence-electron chi connectivity index (χ0n) is 25.6. The number of halogens is 3. The normalized spacial score (nSPS) is 23.8. The summed E-state index contributed by atoms with van der Waals surface area (Å²) in [4.78, 5) is 53.4. The molecule has 2 saturated carbocycles. The zero-order valence-corrected chi connectivity index (χ0v) is 25.6. The van der Waals surface area contributed by atoms with Crippen molar-refractivity contribution >= 4 is 29.3 Å². The Bertz CT molecular complexity index is 1500. The first-order valence-electron chi connectivity index (χ1n) is 15.8. The SMILES string of the molecule is CC(=O)N[C@@]1(C(F)(F)F)CCN([C@@H]2CCc3cc(NC(=O)[C@@H](NC(=O)c4ccnn4C(C)C)C(C4CC4)C4CC4)ccc32)C1=O. The van der Waals surface area contributed by atoms with Crippen LogP contribution in [0.4, 0.5) is 18.9 Å². The van der Waals surface area contributed by atoms with Crippen LogP contribution in [0.25, 0.3) is 0 Å². The van der Waals surface area contributed by atoms with Gasteiger partial charge in [-0.15, -0.1) is 0 Å². The molecule has 1 aromatic carbocycles. The number of hydrogen-bond donors (Lipinski definition) is 3. The van der Waals surface area contributed by atoms with Crippen LogP contribution in [0.3, 0.4) is 0 Å². The van der Waals surface area contributed by atoms with E-state index in [1.165, 1.54) is 4.90 Å². The van der Waals surface area contributed by atoms with E-state index in [0.717, 1.165) is 43.7 Å². The lowest BCUT2D eigenvalue weighted by Gasteiger charge is -2.32. The van der Waals surface area contributed by atoms with Crippen LogP contribution < -0.4 is 16.0 Å². The second-order valence-electron chi connectivity index (χ2n) is 13.2. The van der Waals surface area contributed by atoms with E-state index >= 15 is 0 Å². The smallest absolute Gasteiger partial charge is 0.339 e. The molecule has 0 unspecified atom stereocenters. The first-order chi connectivity index (χ1) is 21.3. The standard InChI is InChI=1S/C32H39F3N6O4/c1-17(2)41-25(12-14-36-41)28(43)38-27(26(19-4-5-19)20-6-7-20)29(44)37-22-9-10-23-21(16-22)8-11-24(23)40-15-13-31(30(40)45,32(33,34)35)39-18(3)42/h9-10,12,14,16-17,19-20,24,26-27H,4-8,11,13,15H2,1-3H3,(H,37,44)(H,38,43)(H,39,42)/t24-,27+,31+/m1/s1. The van der Waals surface area contributed by atoms with Gasteiger partial charge in [-0.25, -0.2) is 0 Å². The fraction of sp³-hybridized carbons (Fsp3) is 0.594. The van der Waals surface area contributed by atoms with Gasteiger partial charge in [-0.3, -0.25) is 23.9 Å². The number of rotatable bonds is 10. The largest absolute Gasteiger partial charge is 0.420 e. The lowest BCUT2D eigenvalue weighted by atomic mass is 9.88. The van der Waals surface area contributed by atoms with E-state index in [1.54, 1.807) is 35.1 Å². The number of amides is 4. The quantitative estimate of drug-likeness (QED) is 0.362. The van der Waals surface area contributed by atoms with Gasteiger partial charge in [0.25, 0.3) is 11.8 Å². The van der Waals surface area contributed by atoms with Gasteiger partial charge in [0.2, 0.25) is 17.4 Å². The fourth-order valence-electron chi connectivity index (χ4n) is 7.35. The maximum Gasteiger partial charge on any atom is 0.420 e. The Morgan fingerprint density at radius 3 is 2.33 bits per heavy atom. The summed E-state index contributed by atoms with van der Waals surface area (Å²) < 4.78 is 43.8. The number of alkyl halides is 3. The Balaban J connectivity index is 1.20. The molecule has 2 heterocycles. The van der Waals surface area contributed by atoms with Crippen molar-refractivity contribution in [1.82, 2.24) is 25.3 Å². The maximum atomic E-state index is 14.1. The van der Waals surface area contributed by atoms with Gasteiger partial charge in [0, 0.05) is 37.8 Å². The number of aryl methyl sites for hydroxylation is 1. The Labute approximate surface area is 259 Å². The van der Waals surface area contributed by atoms with Crippen LogP contribution in [0.1, 0.15) is 93.0 Å². The molecule has 45 heavy (non-hydrogen) atoms. The zero-order chi connectivity index (χ0) is 32.3. The van der Waals surface area contributed by atoms with Gasteiger partial charge in [0.05, 0.1) is 6.04 Å². The molecule has 4 aliphatic rings. The third kappa shape index (κ3) is 5.81. The summed E-state index contributed by atoms with van der Waals surface area (Å²) in [6.45, 7) is 4.69. The van der Waals surface area contributed by atoms with Crippen LogP contribution in [-0.2, 0) is 20.8 Å². The molecule has 3 aliphatic carbocycles. The number of nitrogens with one attached hydrogen (secondary N) is 3. The average molecular weight is 629 g/mol. The third-order valence-corrected chi connectivity index (χ3v) is 9.74. The molecule has 2 aromatic rings. The molecule has 3 N–H and O–H groups in total. The summed E-state index contributed by atoms with van der Waals surface area (Å²) in [6.07, 6.45) is 1.13. The number of hydrogen-bond acceptors (Lipinski definition) is 5. The Morgan fingerprint density at radius 1 is 1.04 bits per heavy atom. The topological polar surface area (TPSA) is 125 Å². The highest BCUT2D eigenvalue weighted by Crippen LogP contribution is 2.51. The van der Waals surface area contributed by atoms with Gasteiger partial charge in [0.15, 0.2) is 0 Å². The van der Waals surface area contributed by atoms with Crippen LogP contribution in [0.15, 0.2) is 30.5 Å². The molecular weight excluding hydrogens is 589 g/mol. The van der Waals surface area contributed by atoms with Crippen LogP contribution in [-0.4, -0.2) is 62.6 Å². The maximum absolute atomic E-state index is 14.1. The van der Waals surface area contributed by atoms with E-state index in [2.05, 4.69) is 15.7 Å². The lowest BCUT2D eigenvalue weighted by molar-refractivity contribution is -0.199. The molecule has 4 amide bonds. The monoisotopic (exact) mass is 628 g/mol. The first-order valence-corrected chi connectivity index (χ1v) is 15.8. The van der Waals surface area contributed by atoms with Gasteiger partial charge >= 0.3 is 6.18 Å². The predicted octanol–water partition coefficient (Wildman–Crippen LogP) is 4.29. The number of carbonyl (C=O) groups excluding carboxylic acids is 4. The van der Waals surface area contributed by atoms with Gasteiger partial charge in [-0.05, 0) is 99.5 Å². The van der Waals surface area contributed by atoms with Crippen molar-refractivity contribution < 1.29 is 32.3 Å². The molecular formula is C32H39F3N6O4. The Kier molecular flexibility index (Phi) is 7.93. The highest BCUT2D eigenvalue weighted by Gasteiger charge is 2.66. The molecule has 1 aromatic heterocycles. The molecule has 1 aliphatic heterocycles. The van der Waals surface area contributed by atoms with Crippen molar-refractivity contribution in [2.45, 2.75) is 95.6 Å². The van der Waals surface area contributed by atoms with E-state index in [-0.39, 0.29) is 30.3 Å². The minimum absolute atomic E-state index is 0.0295. The summed E-state index contributed by atoms with van der Waals surface area (Å²) in [5.74, 6) is -1.94.